The highest BCUT2D eigenvalue weighted by Gasteiger charge is 2.36. The van der Waals surface area contributed by atoms with E-state index in [-0.39, 0.29) is 18.1 Å². The third-order valence-electron chi connectivity index (χ3n) is 5.11. The van der Waals surface area contributed by atoms with Gasteiger partial charge in [-0.1, -0.05) is 30.3 Å². The van der Waals surface area contributed by atoms with Gasteiger partial charge in [-0.15, -0.1) is 0 Å². The fourth-order valence-corrected chi connectivity index (χ4v) is 3.07. The molecular weight excluding hydrogens is 316 g/mol. The lowest BCUT2D eigenvalue weighted by Crippen LogP contribution is -2.52. The molecule has 0 spiro atoms. The van der Waals surface area contributed by atoms with Gasteiger partial charge in [-0.05, 0) is 45.7 Å². The van der Waals surface area contributed by atoms with E-state index < -0.39 is 11.3 Å². The molecule has 0 radical (unpaired) electrons. The number of carbonyl (C=O) groups excluding carboxylic acids is 2. The summed E-state index contributed by atoms with van der Waals surface area (Å²) in [4.78, 5) is 25.8. The first kappa shape index (κ1) is 19.2. The van der Waals surface area contributed by atoms with Gasteiger partial charge in [-0.3, -0.25) is 9.69 Å². The van der Waals surface area contributed by atoms with Crippen LogP contribution in [-0.2, 0) is 11.3 Å². The molecule has 0 saturated carbocycles. The van der Waals surface area contributed by atoms with Gasteiger partial charge in [0.25, 0.3) is 0 Å². The van der Waals surface area contributed by atoms with Crippen LogP contribution in [0.2, 0.25) is 0 Å². The Morgan fingerprint density at radius 1 is 1.24 bits per heavy atom. The van der Waals surface area contributed by atoms with Gasteiger partial charge < -0.3 is 16.4 Å². The zero-order chi connectivity index (χ0) is 18.5. The van der Waals surface area contributed by atoms with E-state index in [0.29, 0.717) is 6.54 Å². The van der Waals surface area contributed by atoms with Gasteiger partial charge in [0.2, 0.25) is 5.91 Å². The van der Waals surface area contributed by atoms with Gasteiger partial charge >= 0.3 is 6.03 Å². The number of hydrogen-bond acceptors (Lipinski definition) is 3. The molecule has 6 heteroatoms. The lowest BCUT2D eigenvalue weighted by molar-refractivity contribution is -0.125. The highest BCUT2D eigenvalue weighted by Crippen LogP contribution is 2.29. The zero-order valence-corrected chi connectivity index (χ0v) is 15.5. The van der Waals surface area contributed by atoms with Crippen molar-refractivity contribution >= 4 is 11.9 Å². The molecule has 25 heavy (non-hydrogen) atoms. The number of hydrogen-bond donors (Lipinski definition) is 3. The van der Waals surface area contributed by atoms with Crippen LogP contribution < -0.4 is 16.4 Å². The minimum absolute atomic E-state index is 0.0631. The number of nitrogens with one attached hydrogen (secondary N) is 2. The Kier molecular flexibility index (Phi) is 6.06. The number of nitrogens with two attached hydrogens (primary N) is 1. The standard InChI is InChI=1S/C19H30N4O2/c1-18(2,16(20)24)13-21-17(25)22-14-19(3)10-7-11-23(19)12-15-8-5-4-6-9-15/h4-6,8-9H,7,10-14H2,1-3H3,(H2,20,24)(H2,21,22,25). The van der Waals surface area contributed by atoms with Crippen LogP contribution in [0.4, 0.5) is 4.79 Å². The van der Waals surface area contributed by atoms with Crippen LogP contribution in [0.3, 0.4) is 0 Å². The summed E-state index contributed by atoms with van der Waals surface area (Å²) < 4.78 is 0. The molecule has 1 aliphatic heterocycles. The molecule has 1 aliphatic rings. The van der Waals surface area contributed by atoms with Crippen molar-refractivity contribution in [3.63, 3.8) is 0 Å². The molecule has 0 bridgehead atoms. The molecule has 1 aromatic rings. The summed E-state index contributed by atoms with van der Waals surface area (Å²) in [6, 6.07) is 10.1. The zero-order valence-electron chi connectivity index (χ0n) is 15.5. The minimum Gasteiger partial charge on any atom is -0.369 e. The third kappa shape index (κ3) is 5.19. The Balaban J connectivity index is 1.85. The summed E-state index contributed by atoms with van der Waals surface area (Å²) >= 11 is 0. The van der Waals surface area contributed by atoms with Gasteiger partial charge in [0.05, 0.1) is 5.41 Å². The molecule has 1 aromatic carbocycles. The molecule has 138 valence electrons. The summed E-state index contributed by atoms with van der Waals surface area (Å²) in [6.45, 7) is 8.33. The molecule has 2 rings (SSSR count). The second-order valence-electron chi connectivity index (χ2n) is 7.79. The molecule has 1 unspecified atom stereocenters. The summed E-state index contributed by atoms with van der Waals surface area (Å²) in [5, 5.41) is 5.69. The third-order valence-corrected chi connectivity index (χ3v) is 5.11. The number of likely N-dealkylation sites (tertiary alicyclic amines) is 1. The predicted molar refractivity (Wildman–Crippen MR) is 98.9 cm³/mol. The van der Waals surface area contributed by atoms with Crippen LogP contribution in [0.15, 0.2) is 30.3 Å². The van der Waals surface area contributed by atoms with E-state index in [1.54, 1.807) is 13.8 Å². The van der Waals surface area contributed by atoms with Crippen LogP contribution in [0.25, 0.3) is 0 Å². The number of rotatable bonds is 7. The van der Waals surface area contributed by atoms with Crippen molar-refractivity contribution in [1.29, 1.82) is 0 Å². The van der Waals surface area contributed by atoms with Gasteiger partial charge in [0.15, 0.2) is 0 Å². The van der Waals surface area contributed by atoms with Crippen LogP contribution >= 0.6 is 0 Å². The van der Waals surface area contributed by atoms with Crippen molar-refractivity contribution < 1.29 is 9.59 Å². The van der Waals surface area contributed by atoms with E-state index in [9.17, 15) is 9.59 Å². The number of primary amides is 1. The normalized spacial score (nSPS) is 21.1. The van der Waals surface area contributed by atoms with Crippen LogP contribution in [0.5, 0.6) is 0 Å². The number of nitrogens with zero attached hydrogens (tertiary/aromatic N) is 1. The maximum Gasteiger partial charge on any atom is 0.314 e. The molecular formula is C19H30N4O2. The van der Waals surface area contributed by atoms with Crippen molar-refractivity contribution in [3.05, 3.63) is 35.9 Å². The maximum absolute atomic E-state index is 12.1. The highest BCUT2D eigenvalue weighted by atomic mass is 16.2. The van der Waals surface area contributed by atoms with Gasteiger partial charge in [0.1, 0.15) is 0 Å². The van der Waals surface area contributed by atoms with E-state index in [1.807, 2.05) is 6.07 Å². The lowest BCUT2D eigenvalue weighted by atomic mass is 9.93. The number of carbonyl (C=O) groups is 2. The smallest absolute Gasteiger partial charge is 0.314 e. The van der Waals surface area contributed by atoms with Crippen molar-refractivity contribution in [1.82, 2.24) is 15.5 Å². The van der Waals surface area contributed by atoms with E-state index >= 15 is 0 Å². The topological polar surface area (TPSA) is 87.5 Å². The molecule has 1 heterocycles. The SMILES string of the molecule is CC(C)(CNC(=O)NCC1(C)CCCN1Cc1ccccc1)C(N)=O. The second-order valence-corrected chi connectivity index (χ2v) is 7.79. The summed E-state index contributed by atoms with van der Waals surface area (Å²) in [5.74, 6) is -0.426. The monoisotopic (exact) mass is 346 g/mol. The predicted octanol–water partition coefficient (Wildman–Crippen LogP) is 1.85. The summed E-state index contributed by atoms with van der Waals surface area (Å²) in [7, 11) is 0. The van der Waals surface area contributed by atoms with Crippen molar-refractivity contribution in [3.8, 4) is 0 Å². The molecule has 1 saturated heterocycles. The van der Waals surface area contributed by atoms with Crippen LogP contribution in [-0.4, -0.2) is 42.0 Å². The lowest BCUT2D eigenvalue weighted by Gasteiger charge is -2.35. The molecule has 4 N–H and O–H groups in total. The summed E-state index contributed by atoms with van der Waals surface area (Å²) in [5.41, 5.74) is 5.79. The van der Waals surface area contributed by atoms with Crippen LogP contribution in [0, 0.1) is 5.41 Å². The molecule has 6 nitrogen and oxygen atoms in total. The Morgan fingerprint density at radius 2 is 1.92 bits per heavy atom. The molecule has 3 amide bonds. The number of benzene rings is 1. The maximum atomic E-state index is 12.1. The van der Waals surface area contributed by atoms with Crippen molar-refractivity contribution in [2.24, 2.45) is 11.1 Å². The number of amides is 3. The molecule has 0 aromatic heterocycles. The first-order valence-corrected chi connectivity index (χ1v) is 8.83. The van der Waals surface area contributed by atoms with Crippen molar-refractivity contribution in [2.75, 3.05) is 19.6 Å². The summed E-state index contributed by atoms with van der Waals surface area (Å²) in [6.07, 6.45) is 2.17. The van der Waals surface area contributed by atoms with E-state index in [0.717, 1.165) is 25.9 Å². The average Bonchev–Trinajstić information content (AvgIpc) is 2.93. The van der Waals surface area contributed by atoms with E-state index in [2.05, 4.69) is 46.7 Å². The second kappa shape index (κ2) is 7.87. The van der Waals surface area contributed by atoms with Gasteiger partial charge in [-0.25, -0.2) is 4.79 Å². The highest BCUT2D eigenvalue weighted by molar-refractivity contribution is 5.81. The van der Waals surface area contributed by atoms with Gasteiger partial charge in [0, 0.05) is 25.2 Å². The first-order chi connectivity index (χ1) is 11.7. The quantitative estimate of drug-likeness (QED) is 0.704. The Labute approximate surface area is 150 Å². The number of urea groups is 1. The van der Waals surface area contributed by atoms with Crippen molar-refractivity contribution in [2.45, 2.75) is 45.7 Å². The van der Waals surface area contributed by atoms with E-state index in [1.165, 1.54) is 5.56 Å². The fraction of sp³-hybridized carbons (Fsp3) is 0.579. The van der Waals surface area contributed by atoms with Crippen LogP contribution in [0.1, 0.15) is 39.2 Å². The molecule has 1 atom stereocenters. The van der Waals surface area contributed by atoms with Gasteiger partial charge in [-0.2, -0.15) is 0 Å². The Hall–Kier alpha value is -2.08. The Bertz CT molecular complexity index is 603. The largest absolute Gasteiger partial charge is 0.369 e. The average molecular weight is 346 g/mol. The first-order valence-electron chi connectivity index (χ1n) is 8.83. The minimum atomic E-state index is -0.756. The Morgan fingerprint density at radius 3 is 2.56 bits per heavy atom. The molecule has 1 fully saturated rings. The fourth-order valence-electron chi connectivity index (χ4n) is 3.07. The molecule has 0 aliphatic carbocycles. The van der Waals surface area contributed by atoms with E-state index in [4.69, 9.17) is 5.73 Å².